The highest BCUT2D eigenvalue weighted by molar-refractivity contribution is 4.85. The Balaban J connectivity index is 1.90. The first-order valence-corrected chi connectivity index (χ1v) is 7.92. The van der Waals surface area contributed by atoms with Crippen LogP contribution in [0.4, 0.5) is 0 Å². The summed E-state index contributed by atoms with van der Waals surface area (Å²) in [6.07, 6.45) is 10.8. The Hall–Kier alpha value is -0.120. The largest absolute Gasteiger partial charge is 0.377 e. The summed E-state index contributed by atoms with van der Waals surface area (Å²) in [5, 5.41) is 0. The fourth-order valence-corrected chi connectivity index (χ4v) is 3.50. The lowest BCUT2D eigenvalue weighted by Crippen LogP contribution is -2.50. The Bertz CT molecular complexity index is 229. The van der Waals surface area contributed by atoms with Gasteiger partial charge in [-0.05, 0) is 32.2 Å². The molecule has 3 nitrogen and oxygen atoms in total. The zero-order valence-electron chi connectivity index (χ0n) is 11.9. The van der Waals surface area contributed by atoms with E-state index in [1.165, 1.54) is 51.4 Å². The number of hydrogen-bond donors (Lipinski definition) is 1. The van der Waals surface area contributed by atoms with Gasteiger partial charge in [0.2, 0.25) is 0 Å². The molecule has 0 radical (unpaired) electrons. The van der Waals surface area contributed by atoms with Crippen LogP contribution in [0.25, 0.3) is 0 Å². The molecule has 1 aliphatic carbocycles. The van der Waals surface area contributed by atoms with Crippen molar-refractivity contribution in [2.24, 2.45) is 5.73 Å². The molecule has 1 saturated carbocycles. The summed E-state index contributed by atoms with van der Waals surface area (Å²) >= 11 is 0. The number of nitrogens with two attached hydrogens (primary N) is 1. The molecular formula is C15H30N2O. The van der Waals surface area contributed by atoms with Crippen molar-refractivity contribution in [3.8, 4) is 0 Å². The molecule has 106 valence electrons. The highest BCUT2D eigenvalue weighted by Crippen LogP contribution is 2.23. The van der Waals surface area contributed by atoms with Crippen LogP contribution in [0.15, 0.2) is 0 Å². The van der Waals surface area contributed by atoms with E-state index < -0.39 is 0 Å². The minimum Gasteiger partial charge on any atom is -0.377 e. The number of nitrogens with zero attached hydrogens (tertiary/aromatic N) is 1. The van der Waals surface area contributed by atoms with E-state index in [4.69, 9.17) is 10.5 Å². The molecule has 1 aliphatic heterocycles. The monoisotopic (exact) mass is 254 g/mol. The maximum Gasteiger partial charge on any atom is 0.0702 e. The Kier molecular flexibility index (Phi) is 5.93. The van der Waals surface area contributed by atoms with Gasteiger partial charge in [0.15, 0.2) is 0 Å². The van der Waals surface area contributed by atoms with Gasteiger partial charge in [-0.2, -0.15) is 0 Å². The molecule has 0 aromatic heterocycles. The van der Waals surface area contributed by atoms with Gasteiger partial charge >= 0.3 is 0 Å². The third kappa shape index (κ3) is 3.94. The van der Waals surface area contributed by atoms with E-state index in [1.54, 1.807) is 0 Å². The molecule has 0 aromatic rings. The predicted octanol–water partition coefficient (Wildman–Crippen LogP) is 2.54. The first-order valence-electron chi connectivity index (χ1n) is 7.92. The van der Waals surface area contributed by atoms with Gasteiger partial charge in [-0.15, -0.1) is 0 Å². The molecule has 0 spiro atoms. The lowest BCUT2D eigenvalue weighted by Gasteiger charge is -2.37. The van der Waals surface area contributed by atoms with Crippen LogP contribution in [0, 0.1) is 0 Å². The minimum absolute atomic E-state index is 0.367. The normalized spacial score (nSPS) is 34.5. The van der Waals surface area contributed by atoms with Gasteiger partial charge in [0.05, 0.1) is 6.10 Å². The number of likely N-dealkylation sites (N-methyl/N-ethyl adjacent to an activating group) is 1. The molecule has 3 unspecified atom stereocenters. The second-order valence-corrected chi connectivity index (χ2v) is 5.95. The number of ether oxygens (including phenoxy) is 1. The molecule has 0 bridgehead atoms. The van der Waals surface area contributed by atoms with Crippen molar-refractivity contribution in [2.45, 2.75) is 76.5 Å². The van der Waals surface area contributed by atoms with Crippen molar-refractivity contribution in [1.82, 2.24) is 4.90 Å². The standard InChI is InChI=1S/C15H30N2O/c1-2-17(12-13-8-7-11-18-13)15-10-6-4-3-5-9-14(15)16/h13-15H,2-12,16H2,1H3. The third-order valence-corrected chi connectivity index (χ3v) is 4.62. The van der Waals surface area contributed by atoms with E-state index in [1.807, 2.05) is 0 Å². The Labute approximate surface area is 112 Å². The molecule has 2 N–H and O–H groups in total. The average molecular weight is 254 g/mol. The molecule has 0 amide bonds. The van der Waals surface area contributed by atoms with E-state index in [9.17, 15) is 0 Å². The van der Waals surface area contributed by atoms with Crippen LogP contribution in [0.1, 0.15) is 58.3 Å². The van der Waals surface area contributed by atoms with Crippen LogP contribution in [-0.4, -0.2) is 42.8 Å². The topological polar surface area (TPSA) is 38.5 Å². The van der Waals surface area contributed by atoms with E-state index in [0.29, 0.717) is 18.2 Å². The van der Waals surface area contributed by atoms with Crippen LogP contribution in [0.5, 0.6) is 0 Å². The van der Waals surface area contributed by atoms with Gasteiger partial charge in [0, 0.05) is 25.2 Å². The smallest absolute Gasteiger partial charge is 0.0702 e. The van der Waals surface area contributed by atoms with Gasteiger partial charge < -0.3 is 10.5 Å². The van der Waals surface area contributed by atoms with E-state index in [2.05, 4.69) is 11.8 Å². The molecule has 3 atom stereocenters. The van der Waals surface area contributed by atoms with Crippen molar-refractivity contribution in [2.75, 3.05) is 19.7 Å². The molecule has 1 heterocycles. The summed E-state index contributed by atoms with van der Waals surface area (Å²) in [6, 6.07) is 0.950. The first-order chi connectivity index (χ1) is 8.81. The van der Waals surface area contributed by atoms with Crippen molar-refractivity contribution in [3.63, 3.8) is 0 Å². The van der Waals surface area contributed by atoms with Crippen LogP contribution >= 0.6 is 0 Å². The van der Waals surface area contributed by atoms with Crippen LogP contribution in [0.3, 0.4) is 0 Å². The lowest BCUT2D eigenvalue weighted by atomic mass is 9.91. The molecule has 0 aromatic carbocycles. The second-order valence-electron chi connectivity index (χ2n) is 5.95. The summed E-state index contributed by atoms with van der Waals surface area (Å²) in [5.74, 6) is 0. The molecular weight excluding hydrogens is 224 g/mol. The van der Waals surface area contributed by atoms with Crippen molar-refractivity contribution < 1.29 is 4.74 Å². The summed E-state index contributed by atoms with van der Waals surface area (Å²) in [4.78, 5) is 2.59. The molecule has 18 heavy (non-hydrogen) atoms. The van der Waals surface area contributed by atoms with Crippen LogP contribution < -0.4 is 5.73 Å². The molecule has 3 heteroatoms. The summed E-state index contributed by atoms with van der Waals surface area (Å²) in [6.45, 7) is 5.42. The summed E-state index contributed by atoms with van der Waals surface area (Å²) in [5.41, 5.74) is 6.42. The Morgan fingerprint density at radius 1 is 1.06 bits per heavy atom. The zero-order valence-corrected chi connectivity index (χ0v) is 11.9. The van der Waals surface area contributed by atoms with E-state index in [0.717, 1.165) is 19.7 Å². The maximum absolute atomic E-state index is 6.42. The molecule has 1 saturated heterocycles. The minimum atomic E-state index is 0.367. The average Bonchev–Trinajstić information content (AvgIpc) is 2.85. The van der Waals surface area contributed by atoms with Gasteiger partial charge in [-0.1, -0.05) is 32.6 Å². The Morgan fingerprint density at radius 2 is 1.83 bits per heavy atom. The summed E-state index contributed by atoms with van der Waals surface area (Å²) < 4.78 is 5.78. The quantitative estimate of drug-likeness (QED) is 0.838. The fraction of sp³-hybridized carbons (Fsp3) is 1.00. The molecule has 2 fully saturated rings. The lowest BCUT2D eigenvalue weighted by molar-refractivity contribution is 0.0491. The second kappa shape index (κ2) is 7.46. The van der Waals surface area contributed by atoms with Crippen LogP contribution in [0.2, 0.25) is 0 Å². The zero-order chi connectivity index (χ0) is 12.8. The number of rotatable bonds is 4. The SMILES string of the molecule is CCN(CC1CCCO1)C1CCCCCCC1N. The van der Waals surface area contributed by atoms with Gasteiger partial charge in [0.1, 0.15) is 0 Å². The van der Waals surface area contributed by atoms with Gasteiger partial charge in [-0.3, -0.25) is 4.90 Å². The van der Waals surface area contributed by atoms with Gasteiger partial charge in [0.25, 0.3) is 0 Å². The van der Waals surface area contributed by atoms with E-state index in [-0.39, 0.29) is 0 Å². The molecule has 2 aliphatic rings. The fourth-order valence-electron chi connectivity index (χ4n) is 3.50. The van der Waals surface area contributed by atoms with Crippen molar-refractivity contribution in [3.05, 3.63) is 0 Å². The van der Waals surface area contributed by atoms with Crippen molar-refractivity contribution in [1.29, 1.82) is 0 Å². The predicted molar refractivity (Wildman–Crippen MR) is 75.7 cm³/mol. The maximum atomic E-state index is 6.42. The van der Waals surface area contributed by atoms with Gasteiger partial charge in [-0.25, -0.2) is 0 Å². The van der Waals surface area contributed by atoms with E-state index >= 15 is 0 Å². The number of hydrogen-bond acceptors (Lipinski definition) is 3. The molecule has 2 rings (SSSR count). The van der Waals surface area contributed by atoms with Crippen molar-refractivity contribution >= 4 is 0 Å². The summed E-state index contributed by atoms with van der Waals surface area (Å²) in [7, 11) is 0. The first kappa shape index (κ1) is 14.3. The Morgan fingerprint density at radius 3 is 2.50 bits per heavy atom. The van der Waals surface area contributed by atoms with Crippen LogP contribution in [-0.2, 0) is 4.74 Å². The highest BCUT2D eigenvalue weighted by Gasteiger charge is 2.27. The highest BCUT2D eigenvalue weighted by atomic mass is 16.5. The third-order valence-electron chi connectivity index (χ3n) is 4.62.